The molecule has 2 atom stereocenters. The highest BCUT2D eigenvalue weighted by Crippen LogP contribution is 2.27. The van der Waals surface area contributed by atoms with Crippen molar-refractivity contribution in [3.05, 3.63) is 23.9 Å². The number of aliphatic hydroxyl groups is 1. The summed E-state index contributed by atoms with van der Waals surface area (Å²) in [5, 5.41) is 8.95. The van der Waals surface area contributed by atoms with Crippen molar-refractivity contribution in [1.82, 2.24) is 4.98 Å². The van der Waals surface area contributed by atoms with Gasteiger partial charge >= 0.3 is 0 Å². The summed E-state index contributed by atoms with van der Waals surface area (Å²) >= 11 is 0. The summed E-state index contributed by atoms with van der Waals surface area (Å²) in [5.74, 6) is 1.03. The van der Waals surface area contributed by atoms with Crippen LogP contribution >= 0.6 is 0 Å². The third-order valence-corrected chi connectivity index (χ3v) is 3.66. The molecule has 0 spiro atoms. The summed E-state index contributed by atoms with van der Waals surface area (Å²) in [7, 11) is 0. The Kier molecular flexibility index (Phi) is 4.55. The SMILES string of the molecule is C[C@H](N)c1ccnc(N2CCCC2CCCO)c1. The molecule has 100 valence electrons. The molecule has 0 amide bonds. The van der Waals surface area contributed by atoms with Gasteiger partial charge in [-0.05, 0) is 50.3 Å². The van der Waals surface area contributed by atoms with Gasteiger partial charge in [-0.3, -0.25) is 0 Å². The molecule has 0 saturated carbocycles. The lowest BCUT2D eigenvalue weighted by molar-refractivity contribution is 0.279. The highest BCUT2D eigenvalue weighted by molar-refractivity contribution is 5.44. The van der Waals surface area contributed by atoms with E-state index in [4.69, 9.17) is 10.8 Å². The first-order chi connectivity index (χ1) is 8.72. The molecule has 0 aromatic carbocycles. The van der Waals surface area contributed by atoms with E-state index in [0.29, 0.717) is 6.04 Å². The summed E-state index contributed by atoms with van der Waals surface area (Å²) in [6, 6.07) is 4.65. The van der Waals surface area contributed by atoms with Gasteiger partial charge in [0.1, 0.15) is 5.82 Å². The fraction of sp³-hybridized carbons (Fsp3) is 0.643. The van der Waals surface area contributed by atoms with Gasteiger partial charge in [-0.1, -0.05) is 0 Å². The highest BCUT2D eigenvalue weighted by Gasteiger charge is 2.25. The first-order valence-electron chi connectivity index (χ1n) is 6.81. The van der Waals surface area contributed by atoms with Gasteiger partial charge < -0.3 is 15.7 Å². The molecule has 0 aliphatic carbocycles. The molecule has 1 aliphatic rings. The molecule has 3 N–H and O–H groups in total. The highest BCUT2D eigenvalue weighted by atomic mass is 16.2. The zero-order chi connectivity index (χ0) is 13.0. The summed E-state index contributed by atoms with van der Waals surface area (Å²) in [5.41, 5.74) is 7.05. The predicted molar refractivity (Wildman–Crippen MR) is 73.5 cm³/mol. The first kappa shape index (κ1) is 13.3. The van der Waals surface area contributed by atoms with Crippen molar-refractivity contribution in [3.63, 3.8) is 0 Å². The second kappa shape index (κ2) is 6.16. The van der Waals surface area contributed by atoms with Crippen LogP contribution in [0.3, 0.4) is 0 Å². The maximum Gasteiger partial charge on any atom is 0.129 e. The number of nitrogens with zero attached hydrogens (tertiary/aromatic N) is 2. The van der Waals surface area contributed by atoms with Crippen LogP contribution in [-0.2, 0) is 0 Å². The van der Waals surface area contributed by atoms with Crippen molar-refractivity contribution in [2.75, 3.05) is 18.1 Å². The molecule has 0 bridgehead atoms. The number of aromatic nitrogens is 1. The smallest absolute Gasteiger partial charge is 0.129 e. The largest absolute Gasteiger partial charge is 0.396 e. The van der Waals surface area contributed by atoms with E-state index in [0.717, 1.165) is 30.8 Å². The second-order valence-corrected chi connectivity index (χ2v) is 5.09. The maximum atomic E-state index is 8.95. The Morgan fingerprint density at radius 1 is 1.61 bits per heavy atom. The van der Waals surface area contributed by atoms with Crippen LogP contribution in [0, 0.1) is 0 Å². The van der Waals surface area contributed by atoms with Crippen molar-refractivity contribution >= 4 is 5.82 Å². The van der Waals surface area contributed by atoms with Gasteiger partial charge in [0, 0.05) is 31.4 Å². The molecule has 18 heavy (non-hydrogen) atoms. The molecule has 1 fully saturated rings. The van der Waals surface area contributed by atoms with Gasteiger partial charge in [0.05, 0.1) is 0 Å². The molecule has 0 radical (unpaired) electrons. The minimum Gasteiger partial charge on any atom is -0.396 e. The van der Waals surface area contributed by atoms with E-state index in [1.54, 1.807) is 0 Å². The molecule has 4 heteroatoms. The van der Waals surface area contributed by atoms with Gasteiger partial charge in [0.2, 0.25) is 0 Å². The minimum absolute atomic E-state index is 0.0465. The average molecular weight is 249 g/mol. The Balaban J connectivity index is 2.11. The normalized spacial score (nSPS) is 21.3. The average Bonchev–Trinajstić information content (AvgIpc) is 2.84. The van der Waals surface area contributed by atoms with Crippen molar-refractivity contribution in [2.45, 2.75) is 44.7 Å². The van der Waals surface area contributed by atoms with Crippen LogP contribution in [-0.4, -0.2) is 29.3 Å². The van der Waals surface area contributed by atoms with Crippen molar-refractivity contribution in [3.8, 4) is 0 Å². The lowest BCUT2D eigenvalue weighted by Gasteiger charge is -2.26. The van der Waals surface area contributed by atoms with Crippen molar-refractivity contribution in [2.24, 2.45) is 5.73 Å². The fourth-order valence-corrected chi connectivity index (χ4v) is 2.64. The van der Waals surface area contributed by atoms with Gasteiger partial charge in [-0.15, -0.1) is 0 Å². The number of hydrogen-bond donors (Lipinski definition) is 2. The van der Waals surface area contributed by atoms with E-state index in [2.05, 4.69) is 16.0 Å². The summed E-state index contributed by atoms with van der Waals surface area (Å²) in [4.78, 5) is 6.83. The Labute approximate surface area is 109 Å². The second-order valence-electron chi connectivity index (χ2n) is 5.09. The van der Waals surface area contributed by atoms with Crippen LogP contribution in [0.4, 0.5) is 5.82 Å². The van der Waals surface area contributed by atoms with Crippen molar-refractivity contribution in [1.29, 1.82) is 0 Å². The molecule has 2 heterocycles. The first-order valence-corrected chi connectivity index (χ1v) is 6.81. The minimum atomic E-state index is 0.0465. The number of pyridine rings is 1. The van der Waals surface area contributed by atoms with E-state index >= 15 is 0 Å². The van der Waals surface area contributed by atoms with E-state index in [1.807, 2.05) is 19.2 Å². The zero-order valence-corrected chi connectivity index (χ0v) is 11.0. The van der Waals surface area contributed by atoms with E-state index in [-0.39, 0.29) is 12.6 Å². The summed E-state index contributed by atoms with van der Waals surface area (Å²) < 4.78 is 0. The van der Waals surface area contributed by atoms with Gasteiger partial charge in [0.25, 0.3) is 0 Å². The monoisotopic (exact) mass is 249 g/mol. The topological polar surface area (TPSA) is 62.4 Å². The summed E-state index contributed by atoms with van der Waals surface area (Å²) in [6.45, 7) is 3.33. The molecule has 1 saturated heterocycles. The molecular formula is C14H23N3O. The van der Waals surface area contributed by atoms with Crippen LogP contribution < -0.4 is 10.6 Å². The predicted octanol–water partition coefficient (Wildman–Crippen LogP) is 1.84. The Bertz CT molecular complexity index is 381. The molecule has 4 nitrogen and oxygen atoms in total. The zero-order valence-electron chi connectivity index (χ0n) is 11.0. The lowest BCUT2D eigenvalue weighted by Crippen LogP contribution is -2.30. The number of hydrogen-bond acceptors (Lipinski definition) is 4. The molecule has 1 aromatic heterocycles. The van der Waals surface area contributed by atoms with Crippen molar-refractivity contribution < 1.29 is 5.11 Å². The van der Waals surface area contributed by atoms with Gasteiger partial charge in [-0.2, -0.15) is 0 Å². The number of nitrogens with two attached hydrogens (primary N) is 1. The number of rotatable bonds is 5. The third kappa shape index (κ3) is 3.00. The van der Waals surface area contributed by atoms with Gasteiger partial charge in [0.15, 0.2) is 0 Å². The van der Waals surface area contributed by atoms with Crippen LogP contribution in [0.15, 0.2) is 18.3 Å². The Hall–Kier alpha value is -1.13. The summed E-state index contributed by atoms with van der Waals surface area (Å²) in [6.07, 6.45) is 6.16. The van der Waals surface area contributed by atoms with Crippen LogP contribution in [0.25, 0.3) is 0 Å². The van der Waals surface area contributed by atoms with Crippen LogP contribution in [0.1, 0.15) is 44.2 Å². The fourth-order valence-electron chi connectivity index (χ4n) is 2.64. The molecule has 2 rings (SSSR count). The van der Waals surface area contributed by atoms with E-state index in [9.17, 15) is 0 Å². The molecule has 1 unspecified atom stereocenters. The van der Waals surface area contributed by atoms with E-state index < -0.39 is 0 Å². The Morgan fingerprint density at radius 3 is 3.17 bits per heavy atom. The lowest BCUT2D eigenvalue weighted by atomic mass is 10.1. The molecule has 1 aliphatic heterocycles. The van der Waals surface area contributed by atoms with Gasteiger partial charge in [-0.25, -0.2) is 4.98 Å². The molecular weight excluding hydrogens is 226 g/mol. The quantitative estimate of drug-likeness (QED) is 0.836. The van der Waals surface area contributed by atoms with Crippen LogP contribution in [0.2, 0.25) is 0 Å². The van der Waals surface area contributed by atoms with Crippen LogP contribution in [0.5, 0.6) is 0 Å². The van der Waals surface area contributed by atoms with E-state index in [1.165, 1.54) is 12.8 Å². The Morgan fingerprint density at radius 2 is 2.44 bits per heavy atom. The standard InChI is InChI=1S/C14H23N3O/c1-11(15)12-6-7-16-14(10-12)17-8-2-4-13(17)5-3-9-18/h6-7,10-11,13,18H,2-5,8-9,15H2,1H3/t11-,13?/m0/s1. The maximum absolute atomic E-state index is 8.95. The molecule has 1 aromatic rings. The number of anilines is 1. The third-order valence-electron chi connectivity index (χ3n) is 3.66. The number of aliphatic hydroxyl groups excluding tert-OH is 1.